The van der Waals surface area contributed by atoms with Crippen LogP contribution >= 0.6 is 0 Å². The predicted octanol–water partition coefficient (Wildman–Crippen LogP) is 1.86. The number of ether oxygens (including phenoxy) is 1. The molecule has 5 aliphatic rings. The summed E-state index contributed by atoms with van der Waals surface area (Å²) < 4.78 is 29.0. The van der Waals surface area contributed by atoms with Crippen molar-refractivity contribution in [1.29, 1.82) is 0 Å². The summed E-state index contributed by atoms with van der Waals surface area (Å²) in [6.07, 6.45) is 6.72. The Bertz CT molecular complexity index is 573. The number of carbonyl (C=O) groups excluding carboxylic acids is 1. The Hall–Kier alpha value is -0.620. The van der Waals surface area contributed by atoms with Crippen LogP contribution in [0.4, 0.5) is 0 Å². The summed E-state index contributed by atoms with van der Waals surface area (Å²) in [4.78, 5) is 14.5. The summed E-state index contributed by atoms with van der Waals surface area (Å²) in [5.74, 6) is 3.18. The minimum atomic E-state index is -2.86. The van der Waals surface area contributed by atoms with E-state index in [1.54, 1.807) is 0 Å². The second kappa shape index (κ2) is 5.97. The van der Waals surface area contributed by atoms with E-state index in [0.717, 1.165) is 11.8 Å². The number of nitrogens with zero attached hydrogens (tertiary/aromatic N) is 1. The molecule has 6 heteroatoms. The van der Waals surface area contributed by atoms with Gasteiger partial charge < -0.3 is 9.64 Å². The minimum Gasteiger partial charge on any atom is -0.459 e. The van der Waals surface area contributed by atoms with Crippen molar-refractivity contribution >= 4 is 15.8 Å². The summed E-state index contributed by atoms with van der Waals surface area (Å²) in [6.45, 7) is 3.87. The van der Waals surface area contributed by atoms with Gasteiger partial charge in [-0.3, -0.25) is 4.79 Å². The lowest BCUT2D eigenvalue weighted by Crippen LogP contribution is -2.58. The fourth-order valence-corrected chi connectivity index (χ4v) is 7.08. The van der Waals surface area contributed by atoms with E-state index in [2.05, 4.69) is 11.8 Å². The molecule has 5 nitrogen and oxygen atoms in total. The van der Waals surface area contributed by atoms with E-state index in [-0.39, 0.29) is 23.1 Å². The summed E-state index contributed by atoms with van der Waals surface area (Å²) >= 11 is 0. The van der Waals surface area contributed by atoms with Crippen molar-refractivity contribution in [2.24, 2.45) is 23.7 Å². The number of esters is 1. The summed E-state index contributed by atoms with van der Waals surface area (Å²) in [5.41, 5.74) is -0.254. The van der Waals surface area contributed by atoms with Crippen LogP contribution in [0.5, 0.6) is 0 Å². The molecule has 1 saturated heterocycles. The van der Waals surface area contributed by atoms with Crippen molar-refractivity contribution in [2.45, 2.75) is 51.0 Å². The maximum atomic E-state index is 12.4. The maximum absolute atomic E-state index is 12.4. The zero-order valence-corrected chi connectivity index (χ0v) is 15.4. The largest absolute Gasteiger partial charge is 0.459 e. The average Bonchev–Trinajstić information content (AvgIpc) is 2.51. The minimum absolute atomic E-state index is 0.0987. The second-order valence-electron chi connectivity index (χ2n) is 8.71. The van der Waals surface area contributed by atoms with Crippen molar-refractivity contribution in [2.75, 3.05) is 31.1 Å². The van der Waals surface area contributed by atoms with Gasteiger partial charge in [0.05, 0.1) is 17.9 Å². The zero-order valence-electron chi connectivity index (χ0n) is 14.6. The molecule has 4 aliphatic carbocycles. The van der Waals surface area contributed by atoms with E-state index in [1.165, 1.54) is 32.1 Å². The third-order valence-corrected chi connectivity index (χ3v) is 8.77. The SMILES string of the molecule is CC1(OC(=O)CCN2CCS(=O)(=O)CC2)C2CC3CC(C2)CC1C3. The Labute approximate surface area is 145 Å². The Morgan fingerprint density at radius 2 is 1.58 bits per heavy atom. The van der Waals surface area contributed by atoms with E-state index in [1.807, 2.05) is 0 Å². The lowest BCUT2D eigenvalue weighted by atomic mass is 9.50. The fraction of sp³-hybridized carbons (Fsp3) is 0.944. The van der Waals surface area contributed by atoms with Gasteiger partial charge in [0.2, 0.25) is 0 Å². The Morgan fingerprint density at radius 3 is 2.12 bits per heavy atom. The summed E-state index contributed by atoms with van der Waals surface area (Å²) in [5, 5.41) is 0. The lowest BCUT2D eigenvalue weighted by Gasteiger charge is -2.59. The van der Waals surface area contributed by atoms with Gasteiger partial charge in [-0.25, -0.2) is 8.42 Å². The molecular formula is C18H29NO4S. The van der Waals surface area contributed by atoms with Crippen molar-refractivity contribution in [3.05, 3.63) is 0 Å². The van der Waals surface area contributed by atoms with Crippen LogP contribution in [0.2, 0.25) is 0 Å². The molecule has 0 amide bonds. The van der Waals surface area contributed by atoms with Crippen LogP contribution in [0.15, 0.2) is 0 Å². The highest BCUT2D eigenvalue weighted by molar-refractivity contribution is 7.91. The molecule has 4 saturated carbocycles. The van der Waals surface area contributed by atoms with Gasteiger partial charge in [0.15, 0.2) is 9.84 Å². The van der Waals surface area contributed by atoms with Crippen LogP contribution in [0.3, 0.4) is 0 Å². The molecule has 0 N–H and O–H groups in total. The molecule has 0 unspecified atom stereocenters. The van der Waals surface area contributed by atoms with Gasteiger partial charge in [-0.1, -0.05) is 0 Å². The van der Waals surface area contributed by atoms with Gasteiger partial charge in [0, 0.05) is 19.6 Å². The number of sulfone groups is 1. The van der Waals surface area contributed by atoms with Crippen LogP contribution in [0.25, 0.3) is 0 Å². The molecule has 4 bridgehead atoms. The molecule has 0 spiro atoms. The van der Waals surface area contributed by atoms with Crippen molar-refractivity contribution in [3.8, 4) is 0 Å². The smallest absolute Gasteiger partial charge is 0.307 e. The van der Waals surface area contributed by atoms with Gasteiger partial charge in [0.1, 0.15) is 5.60 Å². The highest BCUT2D eigenvalue weighted by atomic mass is 32.2. The van der Waals surface area contributed by atoms with Gasteiger partial charge >= 0.3 is 5.97 Å². The normalized spacial score (nSPS) is 43.7. The number of rotatable bonds is 4. The standard InChI is InChI=1S/C18H29NO4S/c1-18(15-9-13-8-14(11-15)12-16(18)10-13)23-17(20)2-3-19-4-6-24(21,22)7-5-19/h13-16H,2-12H2,1H3. The Kier molecular flexibility index (Phi) is 4.19. The molecule has 24 heavy (non-hydrogen) atoms. The third-order valence-electron chi connectivity index (χ3n) is 7.16. The van der Waals surface area contributed by atoms with Gasteiger partial charge in [-0.15, -0.1) is 0 Å². The third kappa shape index (κ3) is 3.12. The van der Waals surface area contributed by atoms with Crippen LogP contribution in [0, 0.1) is 23.7 Å². The second-order valence-corrected chi connectivity index (χ2v) is 11.0. The number of hydrogen-bond donors (Lipinski definition) is 0. The van der Waals surface area contributed by atoms with E-state index in [9.17, 15) is 13.2 Å². The Morgan fingerprint density at radius 1 is 1.04 bits per heavy atom. The van der Waals surface area contributed by atoms with Gasteiger partial charge in [0.25, 0.3) is 0 Å². The van der Waals surface area contributed by atoms with E-state index < -0.39 is 9.84 Å². The first kappa shape index (κ1) is 16.8. The molecule has 5 fully saturated rings. The van der Waals surface area contributed by atoms with Crippen LogP contribution in [0.1, 0.15) is 45.4 Å². The molecule has 0 aromatic rings. The van der Waals surface area contributed by atoms with Crippen molar-refractivity contribution in [1.82, 2.24) is 4.90 Å². The lowest BCUT2D eigenvalue weighted by molar-refractivity contribution is -0.203. The predicted molar refractivity (Wildman–Crippen MR) is 91.3 cm³/mol. The molecule has 0 aromatic heterocycles. The van der Waals surface area contributed by atoms with Crippen LogP contribution in [-0.4, -0.2) is 56.0 Å². The molecule has 0 atom stereocenters. The van der Waals surface area contributed by atoms with Crippen molar-refractivity contribution < 1.29 is 17.9 Å². The molecule has 0 aromatic carbocycles. The number of hydrogen-bond acceptors (Lipinski definition) is 5. The topological polar surface area (TPSA) is 63.7 Å². The molecular weight excluding hydrogens is 326 g/mol. The summed E-state index contributed by atoms with van der Waals surface area (Å²) in [6, 6.07) is 0. The fourth-order valence-electron chi connectivity index (χ4n) is 5.81. The van der Waals surface area contributed by atoms with E-state index >= 15 is 0 Å². The Balaban J connectivity index is 1.30. The molecule has 1 aliphatic heterocycles. The quantitative estimate of drug-likeness (QED) is 0.720. The van der Waals surface area contributed by atoms with Crippen LogP contribution in [-0.2, 0) is 19.4 Å². The first-order valence-electron chi connectivity index (χ1n) is 9.49. The first-order chi connectivity index (χ1) is 11.3. The van der Waals surface area contributed by atoms with Gasteiger partial charge in [-0.2, -0.15) is 0 Å². The highest BCUT2D eigenvalue weighted by Crippen LogP contribution is 2.59. The van der Waals surface area contributed by atoms with E-state index in [4.69, 9.17) is 4.74 Å². The number of carbonyl (C=O) groups is 1. The highest BCUT2D eigenvalue weighted by Gasteiger charge is 2.56. The average molecular weight is 356 g/mol. The van der Waals surface area contributed by atoms with Crippen LogP contribution < -0.4 is 0 Å². The first-order valence-corrected chi connectivity index (χ1v) is 11.3. The maximum Gasteiger partial charge on any atom is 0.307 e. The van der Waals surface area contributed by atoms with Gasteiger partial charge in [-0.05, 0) is 62.7 Å². The van der Waals surface area contributed by atoms with E-state index in [0.29, 0.717) is 37.9 Å². The zero-order chi connectivity index (χ0) is 16.9. The molecule has 0 radical (unpaired) electrons. The molecule has 1 heterocycles. The van der Waals surface area contributed by atoms with Crippen molar-refractivity contribution in [3.63, 3.8) is 0 Å². The summed E-state index contributed by atoms with van der Waals surface area (Å²) in [7, 11) is -2.86. The molecule has 136 valence electrons. The molecule has 5 rings (SSSR count). The monoisotopic (exact) mass is 355 g/mol.